The Morgan fingerprint density at radius 2 is 1.83 bits per heavy atom. The van der Waals surface area contributed by atoms with Crippen molar-refractivity contribution >= 4 is 23.4 Å². The number of hydrogen-bond acceptors (Lipinski definition) is 6. The van der Waals surface area contributed by atoms with E-state index in [1.807, 2.05) is 38.1 Å². The SMILES string of the molecule is C=CCN(CCCC)C(=O)C1N([C@H](C)CO)C(=O)[C@@H]2[C@@H](C(=O)N(CC=C)c3ccc(OCC)cc3)[C@@]3(CC)CCC12O3. The maximum Gasteiger partial charge on any atom is 0.248 e. The van der Waals surface area contributed by atoms with Crippen molar-refractivity contribution in [2.45, 2.75) is 83.1 Å². The van der Waals surface area contributed by atoms with E-state index < -0.39 is 35.1 Å². The number of hydrogen-bond donors (Lipinski definition) is 1. The van der Waals surface area contributed by atoms with Gasteiger partial charge in [-0.2, -0.15) is 0 Å². The molecule has 0 aliphatic carbocycles. The molecule has 2 unspecified atom stereocenters. The number of fused-ring (bicyclic) bond motifs is 1. The second-order valence-electron chi connectivity index (χ2n) is 11.7. The monoisotopic (exact) mass is 581 g/mol. The maximum absolute atomic E-state index is 14.6. The second-order valence-corrected chi connectivity index (χ2v) is 11.7. The highest BCUT2D eigenvalue weighted by Gasteiger charge is 2.79. The molecule has 9 nitrogen and oxygen atoms in total. The van der Waals surface area contributed by atoms with Crippen LogP contribution in [0, 0.1) is 11.8 Å². The highest BCUT2D eigenvalue weighted by Crippen LogP contribution is 2.65. The maximum atomic E-state index is 14.6. The normalized spacial score (nSPS) is 28.4. The van der Waals surface area contributed by atoms with E-state index in [-0.39, 0.29) is 30.9 Å². The first kappa shape index (κ1) is 31.8. The Bertz CT molecular complexity index is 1170. The number of aliphatic hydroxyl groups is 1. The first-order chi connectivity index (χ1) is 20.2. The van der Waals surface area contributed by atoms with E-state index in [0.717, 1.165) is 12.8 Å². The number of likely N-dealkylation sites (tertiary alicyclic amines) is 1. The van der Waals surface area contributed by atoms with Crippen LogP contribution in [-0.2, 0) is 19.1 Å². The molecule has 1 aromatic rings. The summed E-state index contributed by atoms with van der Waals surface area (Å²) in [6, 6.07) is 5.76. The fourth-order valence-corrected chi connectivity index (χ4v) is 7.35. The van der Waals surface area contributed by atoms with Gasteiger partial charge in [0.2, 0.25) is 17.7 Å². The minimum Gasteiger partial charge on any atom is -0.494 e. The lowest BCUT2D eigenvalue weighted by Gasteiger charge is -2.38. The fourth-order valence-electron chi connectivity index (χ4n) is 7.35. The van der Waals surface area contributed by atoms with E-state index >= 15 is 0 Å². The Hall–Kier alpha value is -3.17. The average molecular weight is 582 g/mol. The first-order valence-electron chi connectivity index (χ1n) is 15.4. The van der Waals surface area contributed by atoms with Crippen LogP contribution in [-0.4, -0.2) is 88.8 Å². The van der Waals surface area contributed by atoms with Crippen molar-refractivity contribution in [2.24, 2.45) is 11.8 Å². The van der Waals surface area contributed by atoms with Gasteiger partial charge in [-0.25, -0.2) is 0 Å². The van der Waals surface area contributed by atoms with Crippen molar-refractivity contribution in [1.82, 2.24) is 9.80 Å². The third-order valence-corrected chi connectivity index (χ3v) is 9.34. The van der Waals surface area contributed by atoms with Gasteiger partial charge in [0, 0.05) is 25.3 Å². The summed E-state index contributed by atoms with van der Waals surface area (Å²) in [5, 5.41) is 10.2. The molecule has 42 heavy (non-hydrogen) atoms. The molecule has 1 N–H and O–H groups in total. The van der Waals surface area contributed by atoms with Crippen molar-refractivity contribution < 1.29 is 29.0 Å². The average Bonchev–Trinajstić information content (AvgIpc) is 3.61. The molecular formula is C33H47N3O6. The summed E-state index contributed by atoms with van der Waals surface area (Å²) in [6.45, 7) is 16.8. The minimum absolute atomic E-state index is 0.214. The lowest BCUT2D eigenvalue weighted by Crippen LogP contribution is -2.58. The number of amides is 3. The number of ether oxygens (including phenoxy) is 2. The quantitative estimate of drug-likeness (QED) is 0.315. The van der Waals surface area contributed by atoms with Crippen molar-refractivity contribution in [3.05, 3.63) is 49.6 Å². The smallest absolute Gasteiger partial charge is 0.248 e. The molecule has 3 aliphatic rings. The third-order valence-electron chi connectivity index (χ3n) is 9.34. The summed E-state index contributed by atoms with van der Waals surface area (Å²) in [6.07, 6.45) is 6.67. The molecule has 3 heterocycles. The van der Waals surface area contributed by atoms with Crippen molar-refractivity contribution in [2.75, 3.05) is 37.7 Å². The van der Waals surface area contributed by atoms with E-state index in [1.54, 1.807) is 28.9 Å². The van der Waals surface area contributed by atoms with Crippen LogP contribution in [0.4, 0.5) is 5.69 Å². The molecule has 6 atom stereocenters. The molecular weight excluding hydrogens is 534 g/mol. The van der Waals surface area contributed by atoms with Gasteiger partial charge in [-0.05, 0) is 63.8 Å². The Balaban J connectivity index is 1.79. The number of carbonyl (C=O) groups excluding carboxylic acids is 3. The van der Waals surface area contributed by atoms with Crippen LogP contribution in [0.25, 0.3) is 0 Å². The molecule has 4 rings (SSSR count). The van der Waals surface area contributed by atoms with Crippen LogP contribution in [0.2, 0.25) is 0 Å². The zero-order valence-electron chi connectivity index (χ0n) is 25.6. The second kappa shape index (κ2) is 13.0. The molecule has 3 fully saturated rings. The van der Waals surface area contributed by atoms with Gasteiger partial charge >= 0.3 is 0 Å². The van der Waals surface area contributed by atoms with Crippen LogP contribution in [0.3, 0.4) is 0 Å². The summed E-state index contributed by atoms with van der Waals surface area (Å²) < 4.78 is 12.5. The predicted molar refractivity (Wildman–Crippen MR) is 162 cm³/mol. The standard InChI is InChI=1S/C33H47N3O6/c1-7-12-21-34(19-8-2)31(40)28-33-18-17-32(10-4,42-33)26(27(33)30(39)36(28)23(6)22-37)29(38)35(20-9-3)24-13-15-25(16-14-24)41-11-5/h8-9,13-16,23,26-28,37H,2-3,7,10-12,17-22H2,1,4-6H3/t23-,26+,27+,28?,32-,33?/m1/s1. The molecule has 230 valence electrons. The predicted octanol–water partition coefficient (Wildman–Crippen LogP) is 3.95. The van der Waals surface area contributed by atoms with Crippen molar-refractivity contribution in [1.29, 1.82) is 0 Å². The van der Waals surface area contributed by atoms with E-state index in [1.165, 1.54) is 4.90 Å². The van der Waals surface area contributed by atoms with Gasteiger partial charge in [0.05, 0.1) is 36.7 Å². The third kappa shape index (κ3) is 5.15. The van der Waals surface area contributed by atoms with Gasteiger partial charge in [0.1, 0.15) is 17.4 Å². The number of aliphatic hydroxyl groups excluding tert-OH is 1. The lowest BCUT2D eigenvalue weighted by molar-refractivity contribution is -0.155. The zero-order valence-corrected chi connectivity index (χ0v) is 25.6. The molecule has 1 aromatic carbocycles. The summed E-state index contributed by atoms with van der Waals surface area (Å²) in [4.78, 5) is 48.3. The summed E-state index contributed by atoms with van der Waals surface area (Å²) in [7, 11) is 0. The number of rotatable bonds is 15. The highest BCUT2D eigenvalue weighted by molar-refractivity contribution is 6.03. The molecule has 2 bridgehead atoms. The molecule has 0 radical (unpaired) electrons. The molecule has 0 aromatic heterocycles. The largest absolute Gasteiger partial charge is 0.494 e. The number of nitrogens with zero attached hydrogens (tertiary/aromatic N) is 3. The van der Waals surface area contributed by atoms with Crippen LogP contribution in [0.5, 0.6) is 5.75 Å². The van der Waals surface area contributed by atoms with Gasteiger partial charge in [0.15, 0.2) is 0 Å². The van der Waals surface area contributed by atoms with Crippen LogP contribution in [0.15, 0.2) is 49.6 Å². The molecule has 3 saturated heterocycles. The molecule has 1 spiro atoms. The van der Waals surface area contributed by atoms with Gasteiger partial charge in [-0.3, -0.25) is 14.4 Å². The Labute approximate surface area is 250 Å². The molecule has 3 aliphatic heterocycles. The summed E-state index contributed by atoms with van der Waals surface area (Å²) >= 11 is 0. The fraction of sp³-hybridized carbons (Fsp3) is 0.606. The van der Waals surface area contributed by atoms with Gasteiger partial charge in [0.25, 0.3) is 0 Å². The van der Waals surface area contributed by atoms with Crippen LogP contribution >= 0.6 is 0 Å². The first-order valence-corrected chi connectivity index (χ1v) is 15.4. The van der Waals surface area contributed by atoms with Gasteiger partial charge in [-0.15, -0.1) is 13.2 Å². The highest BCUT2D eigenvalue weighted by atomic mass is 16.5. The van der Waals surface area contributed by atoms with Crippen molar-refractivity contribution in [3.8, 4) is 5.75 Å². The number of benzene rings is 1. The topological polar surface area (TPSA) is 99.6 Å². The Morgan fingerprint density at radius 1 is 1.14 bits per heavy atom. The van der Waals surface area contributed by atoms with Gasteiger partial charge < -0.3 is 29.3 Å². The summed E-state index contributed by atoms with van der Waals surface area (Å²) in [5.41, 5.74) is -1.36. The van der Waals surface area contributed by atoms with Crippen LogP contribution in [0.1, 0.15) is 59.8 Å². The van der Waals surface area contributed by atoms with E-state index in [0.29, 0.717) is 50.4 Å². The summed E-state index contributed by atoms with van der Waals surface area (Å²) in [5.74, 6) is -1.66. The number of unbranched alkanes of at least 4 members (excludes halogenated alkanes) is 1. The number of carbonyl (C=O) groups is 3. The molecule has 0 saturated carbocycles. The lowest BCUT2D eigenvalue weighted by atomic mass is 9.64. The molecule has 3 amide bonds. The minimum atomic E-state index is -1.15. The molecule has 9 heteroatoms. The van der Waals surface area contributed by atoms with E-state index in [4.69, 9.17) is 9.47 Å². The zero-order chi connectivity index (χ0) is 30.7. The Kier molecular flexibility index (Phi) is 9.83. The van der Waals surface area contributed by atoms with Crippen LogP contribution < -0.4 is 9.64 Å². The van der Waals surface area contributed by atoms with Crippen molar-refractivity contribution in [3.63, 3.8) is 0 Å². The Morgan fingerprint density at radius 3 is 2.40 bits per heavy atom. The number of anilines is 1. The van der Waals surface area contributed by atoms with E-state index in [9.17, 15) is 19.5 Å². The van der Waals surface area contributed by atoms with E-state index in [2.05, 4.69) is 20.1 Å². The van der Waals surface area contributed by atoms with Gasteiger partial charge in [-0.1, -0.05) is 32.4 Å².